The van der Waals surface area contributed by atoms with Crippen LogP contribution in [0, 0.1) is 5.82 Å². The van der Waals surface area contributed by atoms with Gasteiger partial charge in [0.15, 0.2) is 0 Å². The maximum atomic E-state index is 12.8. The summed E-state index contributed by atoms with van der Waals surface area (Å²) in [6.07, 6.45) is 4.02. The Bertz CT molecular complexity index is 667. The Labute approximate surface area is 133 Å². The molecular formula is C17H18FN3O2. The second-order valence-electron chi connectivity index (χ2n) is 5.04. The molecule has 0 aliphatic rings. The molecule has 120 valence electrons. The van der Waals surface area contributed by atoms with Crippen molar-refractivity contribution in [2.24, 2.45) is 0 Å². The monoisotopic (exact) mass is 315 g/mol. The molecule has 0 bridgehead atoms. The van der Waals surface area contributed by atoms with Gasteiger partial charge in [0.1, 0.15) is 11.6 Å². The molecule has 1 amide bonds. The molecule has 1 aromatic heterocycles. The molecule has 0 radical (unpaired) electrons. The molecule has 23 heavy (non-hydrogen) atoms. The van der Waals surface area contributed by atoms with Gasteiger partial charge in [-0.1, -0.05) is 12.1 Å². The minimum absolute atomic E-state index is 0.305. The highest BCUT2D eigenvalue weighted by Gasteiger charge is 2.01. The van der Waals surface area contributed by atoms with E-state index in [1.54, 1.807) is 37.3 Å². The normalized spacial score (nSPS) is 12.1. The van der Waals surface area contributed by atoms with Gasteiger partial charge in [0.2, 0.25) is 5.91 Å². The van der Waals surface area contributed by atoms with Gasteiger partial charge < -0.3 is 15.7 Å². The summed E-state index contributed by atoms with van der Waals surface area (Å²) in [4.78, 5) is 15.9. The van der Waals surface area contributed by atoms with Gasteiger partial charge in [-0.25, -0.2) is 9.37 Å². The molecule has 0 saturated heterocycles. The SMILES string of the molecule is CC(O)CNc1ccc(NC(=O)/C=C/c2ccc(F)cc2)cn1. The van der Waals surface area contributed by atoms with Crippen LogP contribution in [0.4, 0.5) is 15.9 Å². The highest BCUT2D eigenvalue weighted by molar-refractivity contribution is 6.01. The number of benzene rings is 1. The number of halogens is 1. The van der Waals surface area contributed by atoms with Crippen LogP contribution >= 0.6 is 0 Å². The van der Waals surface area contributed by atoms with Gasteiger partial charge in [-0.2, -0.15) is 0 Å². The van der Waals surface area contributed by atoms with E-state index >= 15 is 0 Å². The Morgan fingerprint density at radius 2 is 2.04 bits per heavy atom. The van der Waals surface area contributed by atoms with Crippen LogP contribution < -0.4 is 10.6 Å². The molecule has 0 saturated carbocycles. The average Bonchev–Trinajstić information content (AvgIpc) is 2.53. The number of hydrogen-bond donors (Lipinski definition) is 3. The zero-order valence-corrected chi connectivity index (χ0v) is 12.7. The molecule has 1 heterocycles. The van der Waals surface area contributed by atoms with Crippen molar-refractivity contribution in [1.82, 2.24) is 4.98 Å². The fourth-order valence-corrected chi connectivity index (χ4v) is 1.75. The summed E-state index contributed by atoms with van der Waals surface area (Å²) < 4.78 is 12.8. The highest BCUT2D eigenvalue weighted by atomic mass is 19.1. The van der Waals surface area contributed by atoms with Crippen LogP contribution in [-0.4, -0.2) is 28.6 Å². The van der Waals surface area contributed by atoms with Crippen LogP contribution in [0.25, 0.3) is 6.08 Å². The smallest absolute Gasteiger partial charge is 0.248 e. The predicted octanol–water partition coefficient (Wildman–Crippen LogP) is 2.67. The van der Waals surface area contributed by atoms with E-state index in [9.17, 15) is 14.3 Å². The van der Waals surface area contributed by atoms with Crippen molar-refractivity contribution in [3.8, 4) is 0 Å². The second kappa shape index (κ2) is 8.05. The maximum absolute atomic E-state index is 12.8. The van der Waals surface area contributed by atoms with E-state index in [-0.39, 0.29) is 11.7 Å². The van der Waals surface area contributed by atoms with Crippen LogP contribution in [0.2, 0.25) is 0 Å². The summed E-state index contributed by atoms with van der Waals surface area (Å²) in [7, 11) is 0. The predicted molar refractivity (Wildman–Crippen MR) is 88.5 cm³/mol. The molecule has 2 rings (SSSR count). The average molecular weight is 315 g/mol. The van der Waals surface area contributed by atoms with Gasteiger partial charge in [-0.05, 0) is 42.8 Å². The van der Waals surface area contributed by atoms with E-state index in [2.05, 4.69) is 15.6 Å². The third-order valence-corrected chi connectivity index (χ3v) is 2.91. The van der Waals surface area contributed by atoms with Crippen molar-refractivity contribution in [3.05, 3.63) is 60.1 Å². The summed E-state index contributed by atoms with van der Waals surface area (Å²) >= 11 is 0. The molecule has 6 heteroatoms. The first-order valence-corrected chi connectivity index (χ1v) is 7.15. The fraction of sp³-hybridized carbons (Fsp3) is 0.176. The van der Waals surface area contributed by atoms with Crippen LogP contribution in [-0.2, 0) is 4.79 Å². The first-order chi connectivity index (χ1) is 11.0. The molecule has 5 nitrogen and oxygen atoms in total. The van der Waals surface area contributed by atoms with Gasteiger partial charge in [0.05, 0.1) is 18.0 Å². The first-order valence-electron chi connectivity index (χ1n) is 7.15. The Morgan fingerprint density at radius 3 is 2.65 bits per heavy atom. The van der Waals surface area contributed by atoms with Crippen LogP contribution in [0.5, 0.6) is 0 Å². The quantitative estimate of drug-likeness (QED) is 0.717. The van der Waals surface area contributed by atoms with Gasteiger partial charge >= 0.3 is 0 Å². The Morgan fingerprint density at radius 1 is 1.30 bits per heavy atom. The van der Waals surface area contributed by atoms with Crippen molar-refractivity contribution in [1.29, 1.82) is 0 Å². The van der Waals surface area contributed by atoms with Gasteiger partial charge in [-0.3, -0.25) is 4.79 Å². The van der Waals surface area contributed by atoms with E-state index in [0.29, 0.717) is 18.1 Å². The molecule has 0 aliphatic heterocycles. The van der Waals surface area contributed by atoms with E-state index < -0.39 is 6.10 Å². The van der Waals surface area contributed by atoms with E-state index in [1.807, 2.05) is 0 Å². The molecular weight excluding hydrogens is 297 g/mol. The number of amides is 1. The molecule has 1 atom stereocenters. The third kappa shape index (κ3) is 5.88. The lowest BCUT2D eigenvalue weighted by atomic mass is 10.2. The summed E-state index contributed by atoms with van der Waals surface area (Å²) in [5, 5.41) is 14.8. The zero-order chi connectivity index (χ0) is 16.7. The van der Waals surface area contributed by atoms with Crippen molar-refractivity contribution < 1.29 is 14.3 Å². The minimum atomic E-state index is -0.465. The highest BCUT2D eigenvalue weighted by Crippen LogP contribution is 2.10. The third-order valence-electron chi connectivity index (χ3n) is 2.91. The zero-order valence-electron chi connectivity index (χ0n) is 12.7. The summed E-state index contributed by atoms with van der Waals surface area (Å²) in [6, 6.07) is 9.26. The van der Waals surface area contributed by atoms with E-state index in [1.165, 1.54) is 24.4 Å². The van der Waals surface area contributed by atoms with Crippen molar-refractivity contribution in [3.63, 3.8) is 0 Å². The molecule has 0 fully saturated rings. The van der Waals surface area contributed by atoms with Gasteiger partial charge in [0, 0.05) is 12.6 Å². The van der Waals surface area contributed by atoms with Crippen LogP contribution in [0.3, 0.4) is 0 Å². The summed E-state index contributed by atoms with van der Waals surface area (Å²) in [5.74, 6) is -0.00599. The molecule has 1 aromatic carbocycles. The largest absolute Gasteiger partial charge is 0.392 e. The summed E-state index contributed by atoms with van der Waals surface area (Å²) in [6.45, 7) is 2.08. The van der Waals surface area contributed by atoms with Crippen molar-refractivity contribution in [2.45, 2.75) is 13.0 Å². The lowest BCUT2D eigenvalue weighted by molar-refractivity contribution is -0.111. The maximum Gasteiger partial charge on any atom is 0.248 e. The first kappa shape index (κ1) is 16.6. The second-order valence-corrected chi connectivity index (χ2v) is 5.04. The Balaban J connectivity index is 1.88. The van der Waals surface area contributed by atoms with E-state index in [4.69, 9.17) is 0 Å². The topological polar surface area (TPSA) is 74.2 Å². The van der Waals surface area contributed by atoms with Crippen molar-refractivity contribution in [2.75, 3.05) is 17.2 Å². The number of nitrogens with one attached hydrogen (secondary N) is 2. The van der Waals surface area contributed by atoms with E-state index in [0.717, 1.165) is 5.56 Å². The number of aromatic nitrogens is 1. The number of rotatable bonds is 6. The number of aliphatic hydroxyl groups is 1. The van der Waals surface area contributed by atoms with Crippen LogP contribution in [0.15, 0.2) is 48.7 Å². The lowest BCUT2D eigenvalue weighted by Crippen LogP contribution is -2.16. The number of aliphatic hydroxyl groups excluding tert-OH is 1. The fourth-order valence-electron chi connectivity index (χ4n) is 1.75. The number of carbonyl (C=O) groups is 1. The Kier molecular flexibility index (Phi) is 5.82. The van der Waals surface area contributed by atoms with Crippen molar-refractivity contribution >= 4 is 23.5 Å². The van der Waals surface area contributed by atoms with Gasteiger partial charge in [0.25, 0.3) is 0 Å². The number of anilines is 2. The van der Waals surface area contributed by atoms with Gasteiger partial charge in [-0.15, -0.1) is 0 Å². The van der Waals surface area contributed by atoms with Crippen LogP contribution in [0.1, 0.15) is 12.5 Å². The molecule has 2 aromatic rings. The molecule has 0 aliphatic carbocycles. The standard InChI is InChI=1S/C17H18FN3O2/c1-12(22)10-19-16-8-7-15(11-20-16)21-17(23)9-4-13-2-5-14(18)6-3-13/h2-9,11-12,22H,10H2,1H3,(H,19,20)(H,21,23)/b9-4+. The number of hydrogen-bond acceptors (Lipinski definition) is 4. The summed E-state index contributed by atoms with van der Waals surface area (Å²) in [5.41, 5.74) is 1.29. The minimum Gasteiger partial charge on any atom is -0.392 e. The molecule has 1 unspecified atom stereocenters. The lowest BCUT2D eigenvalue weighted by Gasteiger charge is -2.08. The number of pyridine rings is 1. The Hall–Kier alpha value is -2.73. The molecule has 3 N–H and O–H groups in total. The molecule has 0 spiro atoms. The number of nitrogens with zero attached hydrogens (tertiary/aromatic N) is 1. The number of carbonyl (C=O) groups excluding carboxylic acids is 1.